The largest absolute Gasteiger partial charge is 0.478 e. The molecule has 5 heteroatoms. The number of hydrogen-bond donors (Lipinski definition) is 3. The first-order chi connectivity index (χ1) is 9.06. The van der Waals surface area contributed by atoms with Crippen molar-refractivity contribution in [2.75, 3.05) is 6.61 Å². The monoisotopic (exact) mass is 264 g/mol. The van der Waals surface area contributed by atoms with Crippen LogP contribution in [0.15, 0.2) is 24.3 Å². The third kappa shape index (κ3) is 4.71. The number of amides is 1. The maximum atomic E-state index is 11.2. The Morgan fingerprint density at radius 3 is 2.63 bits per heavy atom. The summed E-state index contributed by atoms with van der Waals surface area (Å²) in [4.78, 5) is 11.2. The summed E-state index contributed by atoms with van der Waals surface area (Å²) < 4.78 is 5.28. The minimum Gasteiger partial charge on any atom is -0.478 e. The van der Waals surface area contributed by atoms with Crippen molar-refractivity contribution in [1.82, 2.24) is 0 Å². The molecule has 0 aliphatic heterocycles. The molecule has 5 nitrogen and oxygen atoms in total. The van der Waals surface area contributed by atoms with Crippen LogP contribution in [0.1, 0.15) is 42.1 Å². The third-order valence-corrected chi connectivity index (χ3v) is 2.84. The maximum absolute atomic E-state index is 11.2. The lowest BCUT2D eigenvalue weighted by Crippen LogP contribution is -2.18. The van der Waals surface area contributed by atoms with Crippen LogP contribution >= 0.6 is 0 Å². The van der Waals surface area contributed by atoms with Crippen molar-refractivity contribution in [1.29, 1.82) is 5.41 Å². The summed E-state index contributed by atoms with van der Waals surface area (Å²) in [5, 5.41) is 17.2. The number of benzene rings is 1. The van der Waals surface area contributed by atoms with Gasteiger partial charge in [-0.05, 0) is 31.4 Å². The van der Waals surface area contributed by atoms with Crippen LogP contribution in [0.2, 0.25) is 0 Å². The van der Waals surface area contributed by atoms with E-state index in [1.807, 2.05) is 6.92 Å². The first-order valence-corrected chi connectivity index (χ1v) is 6.34. The molecule has 4 N–H and O–H groups in total. The number of carbonyl (C=O) groups excluding carboxylic acids is 1. The Bertz CT molecular complexity index is 446. The van der Waals surface area contributed by atoms with Crippen LogP contribution < -0.4 is 5.73 Å². The number of nitrogens with one attached hydrogen (secondary N) is 1. The van der Waals surface area contributed by atoms with Crippen molar-refractivity contribution in [2.45, 2.75) is 32.3 Å². The SMILES string of the molecule is CCC(O)CCCOC(=N)c1ccccc1C(N)=O. The molecular weight excluding hydrogens is 244 g/mol. The summed E-state index contributed by atoms with van der Waals surface area (Å²) in [5.74, 6) is -0.647. The van der Waals surface area contributed by atoms with Crippen LogP contribution in [0.5, 0.6) is 0 Å². The zero-order valence-corrected chi connectivity index (χ0v) is 11.1. The van der Waals surface area contributed by atoms with Gasteiger partial charge >= 0.3 is 0 Å². The van der Waals surface area contributed by atoms with Crippen molar-refractivity contribution in [3.8, 4) is 0 Å². The van der Waals surface area contributed by atoms with Gasteiger partial charge in [0.2, 0.25) is 11.8 Å². The molecule has 104 valence electrons. The third-order valence-electron chi connectivity index (χ3n) is 2.84. The number of aliphatic hydroxyl groups excluding tert-OH is 1. The second-order valence-corrected chi connectivity index (χ2v) is 4.29. The van der Waals surface area contributed by atoms with E-state index in [9.17, 15) is 9.90 Å². The Kier molecular flexibility index (Phi) is 6.02. The number of primary amides is 1. The molecule has 0 bridgehead atoms. The normalized spacial score (nSPS) is 11.9. The second kappa shape index (κ2) is 7.53. The molecule has 1 aromatic rings. The van der Waals surface area contributed by atoms with E-state index in [-0.39, 0.29) is 17.6 Å². The highest BCUT2D eigenvalue weighted by atomic mass is 16.5. The fourth-order valence-corrected chi connectivity index (χ4v) is 1.67. The summed E-state index contributed by atoms with van der Waals surface area (Å²) in [7, 11) is 0. The predicted octanol–water partition coefficient (Wildman–Crippen LogP) is 1.68. The Labute approximate surface area is 112 Å². The molecule has 0 radical (unpaired) electrons. The standard InChI is InChI=1S/C14H20N2O3/c1-2-10(17)6-5-9-19-14(16)12-8-4-3-7-11(12)13(15)18/h3-4,7-8,10,16-17H,2,5-6,9H2,1H3,(H2,15,18). The molecule has 1 amide bonds. The Hall–Kier alpha value is -1.88. The molecule has 19 heavy (non-hydrogen) atoms. The van der Waals surface area contributed by atoms with Crippen molar-refractivity contribution in [3.63, 3.8) is 0 Å². The van der Waals surface area contributed by atoms with Gasteiger partial charge in [-0.15, -0.1) is 0 Å². The molecule has 1 unspecified atom stereocenters. The minimum absolute atomic E-state index is 0.0691. The molecule has 0 heterocycles. The fraction of sp³-hybridized carbons (Fsp3) is 0.429. The van der Waals surface area contributed by atoms with Gasteiger partial charge in [0.25, 0.3) is 0 Å². The highest BCUT2D eigenvalue weighted by Crippen LogP contribution is 2.10. The fourth-order valence-electron chi connectivity index (χ4n) is 1.67. The van der Waals surface area contributed by atoms with Gasteiger partial charge in [0.1, 0.15) is 0 Å². The topological polar surface area (TPSA) is 96.4 Å². The molecule has 0 aromatic heterocycles. The van der Waals surface area contributed by atoms with E-state index >= 15 is 0 Å². The number of carbonyl (C=O) groups is 1. The zero-order valence-electron chi connectivity index (χ0n) is 11.1. The van der Waals surface area contributed by atoms with E-state index in [0.717, 1.165) is 0 Å². The minimum atomic E-state index is -0.578. The van der Waals surface area contributed by atoms with E-state index in [0.29, 0.717) is 31.4 Å². The van der Waals surface area contributed by atoms with Gasteiger partial charge < -0.3 is 15.6 Å². The average molecular weight is 264 g/mol. The molecule has 0 saturated heterocycles. The number of hydrogen-bond acceptors (Lipinski definition) is 4. The molecule has 1 atom stereocenters. The van der Waals surface area contributed by atoms with E-state index in [1.54, 1.807) is 24.3 Å². The van der Waals surface area contributed by atoms with Gasteiger partial charge in [-0.1, -0.05) is 19.1 Å². The van der Waals surface area contributed by atoms with Crippen molar-refractivity contribution < 1.29 is 14.6 Å². The van der Waals surface area contributed by atoms with Gasteiger partial charge in [-0.3, -0.25) is 10.2 Å². The van der Waals surface area contributed by atoms with E-state index in [4.69, 9.17) is 15.9 Å². The lowest BCUT2D eigenvalue weighted by atomic mass is 10.1. The number of nitrogens with two attached hydrogens (primary N) is 1. The van der Waals surface area contributed by atoms with Crippen LogP contribution in [0, 0.1) is 5.41 Å². The highest BCUT2D eigenvalue weighted by Gasteiger charge is 2.12. The highest BCUT2D eigenvalue weighted by molar-refractivity contribution is 6.05. The van der Waals surface area contributed by atoms with Gasteiger partial charge in [-0.25, -0.2) is 0 Å². The molecule has 1 aromatic carbocycles. The summed E-state index contributed by atoms with van der Waals surface area (Å²) in [5.41, 5.74) is 5.91. The lowest BCUT2D eigenvalue weighted by molar-refractivity contribution is 0.0999. The van der Waals surface area contributed by atoms with Crippen LogP contribution in [-0.2, 0) is 4.74 Å². The smallest absolute Gasteiger partial charge is 0.249 e. The van der Waals surface area contributed by atoms with Gasteiger partial charge in [0.15, 0.2) is 0 Å². The Balaban J connectivity index is 2.52. The van der Waals surface area contributed by atoms with Crippen LogP contribution in [0.3, 0.4) is 0 Å². The molecular formula is C14H20N2O3. The van der Waals surface area contributed by atoms with Crippen molar-refractivity contribution in [3.05, 3.63) is 35.4 Å². The van der Waals surface area contributed by atoms with Crippen LogP contribution in [-0.4, -0.2) is 29.6 Å². The molecule has 0 aliphatic rings. The first-order valence-electron chi connectivity index (χ1n) is 6.34. The summed E-state index contributed by atoms with van der Waals surface area (Å²) in [6.45, 7) is 2.25. The molecule has 0 aliphatic carbocycles. The average Bonchev–Trinajstić information content (AvgIpc) is 2.42. The summed E-state index contributed by atoms with van der Waals surface area (Å²) in [6.07, 6.45) is 1.69. The van der Waals surface area contributed by atoms with Crippen LogP contribution in [0.4, 0.5) is 0 Å². The lowest BCUT2D eigenvalue weighted by Gasteiger charge is -2.11. The second-order valence-electron chi connectivity index (χ2n) is 4.29. The Morgan fingerprint density at radius 2 is 2.05 bits per heavy atom. The van der Waals surface area contributed by atoms with Gasteiger partial charge in [0, 0.05) is 5.56 Å². The predicted molar refractivity (Wildman–Crippen MR) is 73.3 cm³/mol. The van der Waals surface area contributed by atoms with Gasteiger partial charge in [0.05, 0.1) is 18.3 Å². The molecule has 0 fully saturated rings. The molecule has 1 rings (SSSR count). The quantitative estimate of drug-likeness (QED) is 0.397. The zero-order chi connectivity index (χ0) is 14.3. The van der Waals surface area contributed by atoms with E-state index in [2.05, 4.69) is 0 Å². The van der Waals surface area contributed by atoms with E-state index < -0.39 is 5.91 Å². The van der Waals surface area contributed by atoms with Gasteiger partial charge in [-0.2, -0.15) is 0 Å². The molecule has 0 spiro atoms. The number of ether oxygens (including phenoxy) is 1. The van der Waals surface area contributed by atoms with Crippen molar-refractivity contribution >= 4 is 11.8 Å². The molecule has 0 saturated carbocycles. The van der Waals surface area contributed by atoms with Crippen molar-refractivity contribution in [2.24, 2.45) is 5.73 Å². The first kappa shape index (κ1) is 15.2. The van der Waals surface area contributed by atoms with Crippen LogP contribution in [0.25, 0.3) is 0 Å². The summed E-state index contributed by atoms with van der Waals surface area (Å²) in [6, 6.07) is 6.61. The maximum Gasteiger partial charge on any atom is 0.249 e. The number of aliphatic hydroxyl groups is 1. The summed E-state index contributed by atoms with van der Waals surface area (Å²) >= 11 is 0. The number of rotatable bonds is 7. The Morgan fingerprint density at radius 1 is 1.42 bits per heavy atom. The van der Waals surface area contributed by atoms with E-state index in [1.165, 1.54) is 0 Å².